The Labute approximate surface area is 151 Å². The van der Waals surface area contributed by atoms with E-state index in [0.717, 1.165) is 5.56 Å². The number of methoxy groups -OCH3 is 1. The number of hydrogen-bond acceptors (Lipinski definition) is 3. The lowest BCUT2D eigenvalue weighted by molar-refractivity contribution is -0.127. The van der Waals surface area contributed by atoms with Crippen LogP contribution < -0.4 is 10.1 Å². The van der Waals surface area contributed by atoms with Gasteiger partial charge in [0, 0.05) is 19.2 Å². The molecule has 1 fully saturated rings. The zero-order valence-electron chi connectivity index (χ0n) is 14.0. The molecule has 1 heterocycles. The first kappa shape index (κ1) is 17.3. The Hall–Kier alpha value is -2.53. The van der Waals surface area contributed by atoms with Gasteiger partial charge in [-0.2, -0.15) is 0 Å². The molecular formula is C19H19ClN2O3. The second-order valence-corrected chi connectivity index (χ2v) is 6.42. The van der Waals surface area contributed by atoms with Crippen LogP contribution in [0.5, 0.6) is 5.75 Å². The maximum atomic E-state index is 12.8. The van der Waals surface area contributed by atoms with E-state index in [-0.39, 0.29) is 24.3 Å². The molecule has 0 unspecified atom stereocenters. The van der Waals surface area contributed by atoms with Crippen LogP contribution >= 0.6 is 11.6 Å². The third-order valence-corrected chi connectivity index (χ3v) is 4.78. The van der Waals surface area contributed by atoms with Gasteiger partial charge in [0.25, 0.3) is 0 Å². The Morgan fingerprint density at radius 2 is 1.96 bits per heavy atom. The summed E-state index contributed by atoms with van der Waals surface area (Å²) in [6, 6.07) is 14.4. The van der Waals surface area contributed by atoms with Crippen molar-refractivity contribution in [3.8, 4) is 5.75 Å². The van der Waals surface area contributed by atoms with Gasteiger partial charge in [-0.05, 0) is 23.8 Å². The molecule has 2 aromatic rings. The van der Waals surface area contributed by atoms with E-state index >= 15 is 0 Å². The molecule has 0 saturated carbocycles. The van der Waals surface area contributed by atoms with Crippen molar-refractivity contribution in [3.63, 3.8) is 0 Å². The quantitative estimate of drug-likeness (QED) is 0.909. The van der Waals surface area contributed by atoms with E-state index < -0.39 is 5.92 Å². The fourth-order valence-electron chi connectivity index (χ4n) is 3.19. The highest BCUT2D eigenvalue weighted by atomic mass is 35.5. The third kappa shape index (κ3) is 3.46. The number of nitrogens with one attached hydrogen (secondary N) is 1. The largest absolute Gasteiger partial charge is 0.495 e. The monoisotopic (exact) mass is 358 g/mol. The second-order valence-electron chi connectivity index (χ2n) is 6.01. The van der Waals surface area contributed by atoms with Crippen molar-refractivity contribution in [2.75, 3.05) is 19.5 Å². The van der Waals surface area contributed by atoms with Crippen molar-refractivity contribution in [3.05, 3.63) is 59.1 Å². The van der Waals surface area contributed by atoms with E-state index in [4.69, 9.17) is 16.3 Å². The first-order valence-corrected chi connectivity index (χ1v) is 8.34. The molecular weight excluding hydrogens is 340 g/mol. The van der Waals surface area contributed by atoms with Crippen molar-refractivity contribution in [1.82, 2.24) is 4.90 Å². The number of halogens is 1. The minimum atomic E-state index is -0.458. The number of likely N-dealkylation sites (tertiary alicyclic amines) is 1. The summed E-state index contributed by atoms with van der Waals surface area (Å²) < 4.78 is 5.11. The summed E-state index contributed by atoms with van der Waals surface area (Å²) in [5, 5.41) is 3.28. The highest BCUT2D eigenvalue weighted by molar-refractivity contribution is 6.32. The average Bonchev–Trinajstić information content (AvgIpc) is 2.91. The van der Waals surface area contributed by atoms with Gasteiger partial charge >= 0.3 is 0 Å². The molecule has 3 rings (SSSR count). The first-order valence-electron chi connectivity index (χ1n) is 7.96. The van der Waals surface area contributed by atoms with Gasteiger partial charge in [0.15, 0.2) is 0 Å². The van der Waals surface area contributed by atoms with Crippen LogP contribution in [0.3, 0.4) is 0 Å². The maximum Gasteiger partial charge on any atom is 0.230 e. The minimum Gasteiger partial charge on any atom is -0.495 e. The van der Waals surface area contributed by atoms with Gasteiger partial charge in [-0.3, -0.25) is 9.59 Å². The molecule has 0 spiro atoms. The van der Waals surface area contributed by atoms with Crippen LogP contribution in [0.25, 0.3) is 0 Å². The number of nitrogens with zero attached hydrogens (tertiary/aromatic N) is 1. The predicted molar refractivity (Wildman–Crippen MR) is 96.7 cm³/mol. The van der Waals surface area contributed by atoms with Gasteiger partial charge in [-0.25, -0.2) is 0 Å². The average molecular weight is 359 g/mol. The van der Waals surface area contributed by atoms with E-state index in [1.807, 2.05) is 30.3 Å². The summed E-state index contributed by atoms with van der Waals surface area (Å²) >= 11 is 6.10. The molecule has 2 amide bonds. The highest BCUT2D eigenvalue weighted by Gasteiger charge is 2.42. The molecule has 0 aromatic heterocycles. The maximum absolute atomic E-state index is 12.8. The number of anilines is 1. The summed E-state index contributed by atoms with van der Waals surface area (Å²) in [6.07, 6.45) is 0.186. The molecule has 0 radical (unpaired) electrons. The molecule has 5 nitrogen and oxygen atoms in total. The van der Waals surface area contributed by atoms with E-state index in [2.05, 4.69) is 5.32 Å². The topological polar surface area (TPSA) is 58.6 Å². The van der Waals surface area contributed by atoms with Crippen LogP contribution in [-0.4, -0.2) is 30.9 Å². The van der Waals surface area contributed by atoms with E-state index in [9.17, 15) is 9.59 Å². The molecule has 1 aliphatic heterocycles. The van der Waals surface area contributed by atoms with Crippen molar-refractivity contribution in [1.29, 1.82) is 0 Å². The summed E-state index contributed by atoms with van der Waals surface area (Å²) in [6.45, 7) is 0. The van der Waals surface area contributed by atoms with Crippen molar-refractivity contribution in [2.24, 2.45) is 5.92 Å². The van der Waals surface area contributed by atoms with Crippen LogP contribution in [0.1, 0.15) is 18.0 Å². The smallest absolute Gasteiger partial charge is 0.230 e. The van der Waals surface area contributed by atoms with Gasteiger partial charge in [-0.1, -0.05) is 41.9 Å². The van der Waals surface area contributed by atoms with Crippen LogP contribution in [0, 0.1) is 5.92 Å². The molecule has 0 aliphatic carbocycles. The van der Waals surface area contributed by atoms with Gasteiger partial charge in [0.1, 0.15) is 5.75 Å². The predicted octanol–water partition coefficient (Wildman–Crippen LogP) is 3.51. The summed E-state index contributed by atoms with van der Waals surface area (Å²) in [7, 11) is 3.27. The number of ether oxygens (including phenoxy) is 1. The van der Waals surface area contributed by atoms with Crippen molar-refractivity contribution < 1.29 is 14.3 Å². The summed E-state index contributed by atoms with van der Waals surface area (Å²) in [4.78, 5) is 26.6. The fraction of sp³-hybridized carbons (Fsp3) is 0.263. The van der Waals surface area contributed by atoms with E-state index in [0.29, 0.717) is 16.5 Å². The van der Waals surface area contributed by atoms with E-state index in [1.165, 1.54) is 7.11 Å². The Morgan fingerprint density at radius 1 is 1.24 bits per heavy atom. The van der Waals surface area contributed by atoms with Crippen LogP contribution in [0.4, 0.5) is 5.69 Å². The third-order valence-electron chi connectivity index (χ3n) is 4.48. The van der Waals surface area contributed by atoms with Crippen LogP contribution in [-0.2, 0) is 9.59 Å². The molecule has 6 heteroatoms. The van der Waals surface area contributed by atoms with Gasteiger partial charge in [0.05, 0.1) is 24.1 Å². The van der Waals surface area contributed by atoms with Crippen LogP contribution in [0.15, 0.2) is 48.5 Å². The van der Waals surface area contributed by atoms with Gasteiger partial charge in [-0.15, -0.1) is 0 Å². The fourth-order valence-corrected chi connectivity index (χ4v) is 3.45. The number of carbonyl (C=O) groups excluding carboxylic acids is 2. The molecule has 25 heavy (non-hydrogen) atoms. The lowest BCUT2D eigenvalue weighted by Crippen LogP contribution is -2.30. The lowest BCUT2D eigenvalue weighted by Gasteiger charge is -2.25. The molecule has 1 aliphatic rings. The number of rotatable bonds is 4. The zero-order valence-corrected chi connectivity index (χ0v) is 14.8. The number of amides is 2. The van der Waals surface area contributed by atoms with Gasteiger partial charge in [0.2, 0.25) is 11.8 Å². The summed E-state index contributed by atoms with van der Waals surface area (Å²) in [5.41, 5.74) is 1.52. The Kier molecular flexibility index (Phi) is 4.95. The Bertz CT molecular complexity index is 795. The van der Waals surface area contributed by atoms with Crippen molar-refractivity contribution >= 4 is 29.1 Å². The number of carbonyl (C=O) groups is 2. The zero-order chi connectivity index (χ0) is 18.0. The lowest BCUT2D eigenvalue weighted by atomic mass is 9.93. The summed E-state index contributed by atoms with van der Waals surface area (Å²) in [5.74, 6) is -0.159. The van der Waals surface area contributed by atoms with E-state index in [1.54, 1.807) is 30.1 Å². The number of benzene rings is 2. The highest BCUT2D eigenvalue weighted by Crippen LogP contribution is 2.38. The molecule has 2 aromatic carbocycles. The number of hydrogen-bond donors (Lipinski definition) is 1. The molecule has 0 bridgehead atoms. The van der Waals surface area contributed by atoms with Gasteiger partial charge < -0.3 is 15.0 Å². The van der Waals surface area contributed by atoms with Crippen LogP contribution in [0.2, 0.25) is 5.02 Å². The molecule has 2 atom stereocenters. The molecule has 130 valence electrons. The Morgan fingerprint density at radius 3 is 2.60 bits per heavy atom. The standard InChI is InChI=1S/C19H19ClN2O3/c1-22-17(23)11-14(18(22)12-6-4-3-5-7-12)19(24)21-13-8-9-16(25-2)15(20)10-13/h3-10,14,18H,11H2,1-2H3,(H,21,24)/t14-,18-/m1/s1. The first-order chi connectivity index (χ1) is 12.0. The SMILES string of the molecule is COc1ccc(NC(=O)[C@@H]2CC(=O)N(C)[C@@H]2c2ccccc2)cc1Cl. The normalized spacial score (nSPS) is 19.8. The molecule has 1 N–H and O–H groups in total. The Balaban J connectivity index is 1.82. The molecule has 1 saturated heterocycles. The minimum absolute atomic E-state index is 0.0400. The second kappa shape index (κ2) is 7.15. The van der Waals surface area contributed by atoms with Crippen molar-refractivity contribution in [2.45, 2.75) is 12.5 Å².